The molecule has 44 heavy (non-hydrogen) atoms. The van der Waals surface area contributed by atoms with Crippen LogP contribution in [0.1, 0.15) is 31.8 Å². The molecule has 0 aliphatic carbocycles. The highest BCUT2D eigenvalue weighted by Gasteiger charge is 2.23. The van der Waals surface area contributed by atoms with Gasteiger partial charge < -0.3 is 23.9 Å². The van der Waals surface area contributed by atoms with Gasteiger partial charge in [0.1, 0.15) is 30.2 Å². The Morgan fingerprint density at radius 1 is 0.682 bits per heavy atom. The molecule has 0 saturated carbocycles. The van der Waals surface area contributed by atoms with Crippen molar-refractivity contribution in [2.24, 2.45) is 0 Å². The maximum absolute atomic E-state index is 13.9. The number of esters is 1. The van der Waals surface area contributed by atoms with Crippen molar-refractivity contribution in [1.82, 2.24) is 4.98 Å². The fourth-order valence-electron chi connectivity index (χ4n) is 4.73. The lowest BCUT2D eigenvalue weighted by atomic mass is 10.1. The first kappa shape index (κ1) is 28.2. The van der Waals surface area contributed by atoms with Crippen molar-refractivity contribution < 1.29 is 28.2 Å². The van der Waals surface area contributed by atoms with Crippen LogP contribution in [0.25, 0.3) is 22.6 Å². The smallest absolute Gasteiger partial charge is 0.340 e. The maximum atomic E-state index is 13.9. The Labute approximate surface area is 253 Å². The number of fused-ring (bicyclic) bond motifs is 1. The van der Waals surface area contributed by atoms with Crippen LogP contribution in [0.15, 0.2) is 126 Å². The Balaban J connectivity index is 1.37. The first-order valence-corrected chi connectivity index (χ1v) is 14.0. The highest BCUT2D eigenvalue weighted by molar-refractivity contribution is 6.09. The summed E-state index contributed by atoms with van der Waals surface area (Å²) < 4.78 is 23.3. The molecule has 8 heteroatoms. The Kier molecular flexibility index (Phi) is 8.32. The fourth-order valence-corrected chi connectivity index (χ4v) is 4.73. The lowest BCUT2D eigenvalue weighted by Crippen LogP contribution is -2.15. The molecule has 6 rings (SSSR count). The average Bonchev–Trinajstić information content (AvgIpc) is 3.52. The lowest BCUT2D eigenvalue weighted by molar-refractivity contribution is 0.0602. The first-order valence-electron chi connectivity index (χ1n) is 14.0. The number of anilines is 1. The third-order valence-corrected chi connectivity index (χ3v) is 6.93. The highest BCUT2D eigenvalue weighted by Crippen LogP contribution is 2.38. The molecule has 5 aromatic carbocycles. The summed E-state index contributed by atoms with van der Waals surface area (Å²) in [7, 11) is 1.31. The average molecular weight is 585 g/mol. The number of aromatic nitrogens is 1. The maximum Gasteiger partial charge on any atom is 0.340 e. The number of carbonyl (C=O) groups excluding carboxylic acids is 2. The summed E-state index contributed by atoms with van der Waals surface area (Å²) >= 11 is 0. The van der Waals surface area contributed by atoms with E-state index in [0.717, 1.165) is 11.1 Å². The van der Waals surface area contributed by atoms with Gasteiger partial charge in [0.15, 0.2) is 5.58 Å². The largest absolute Gasteiger partial charge is 0.488 e. The van der Waals surface area contributed by atoms with Gasteiger partial charge in [-0.05, 0) is 47.5 Å². The van der Waals surface area contributed by atoms with Crippen molar-refractivity contribution in [2.75, 3.05) is 12.4 Å². The molecule has 0 atom stereocenters. The number of hydrogen-bond donors (Lipinski definition) is 1. The zero-order chi connectivity index (χ0) is 30.3. The minimum Gasteiger partial charge on any atom is -0.488 e. The number of methoxy groups -OCH3 is 1. The molecule has 1 N–H and O–H groups in total. The van der Waals surface area contributed by atoms with Crippen LogP contribution in [-0.2, 0) is 18.0 Å². The van der Waals surface area contributed by atoms with E-state index in [9.17, 15) is 9.59 Å². The quantitative estimate of drug-likeness (QED) is 0.165. The lowest BCUT2D eigenvalue weighted by Gasteiger charge is -2.17. The van der Waals surface area contributed by atoms with E-state index < -0.39 is 11.9 Å². The van der Waals surface area contributed by atoms with Gasteiger partial charge in [0.05, 0.1) is 29.5 Å². The van der Waals surface area contributed by atoms with Crippen LogP contribution in [0, 0.1) is 0 Å². The minimum absolute atomic E-state index is 0.199. The van der Waals surface area contributed by atoms with Crippen molar-refractivity contribution in [3.8, 4) is 23.0 Å². The van der Waals surface area contributed by atoms with Crippen LogP contribution in [-0.4, -0.2) is 24.0 Å². The molecule has 6 aromatic rings. The monoisotopic (exact) mass is 584 g/mol. The summed E-state index contributed by atoms with van der Waals surface area (Å²) in [6, 6.07) is 36.8. The predicted octanol–water partition coefficient (Wildman–Crippen LogP) is 7.69. The molecule has 1 amide bonds. The van der Waals surface area contributed by atoms with E-state index in [1.54, 1.807) is 54.6 Å². The number of carbonyl (C=O) groups is 2. The molecular weight excluding hydrogens is 556 g/mol. The molecule has 0 unspecified atom stereocenters. The van der Waals surface area contributed by atoms with Crippen LogP contribution in [0.4, 0.5) is 5.69 Å². The summed E-state index contributed by atoms with van der Waals surface area (Å²) in [6.07, 6.45) is 0. The van der Waals surface area contributed by atoms with Gasteiger partial charge in [0.25, 0.3) is 5.91 Å². The predicted molar refractivity (Wildman–Crippen MR) is 167 cm³/mol. The minimum atomic E-state index is -0.531. The second-order valence-electron chi connectivity index (χ2n) is 9.84. The third-order valence-electron chi connectivity index (χ3n) is 6.93. The number of nitrogens with one attached hydrogen (secondary N) is 1. The second kappa shape index (κ2) is 13.0. The van der Waals surface area contributed by atoms with Gasteiger partial charge in [-0.1, -0.05) is 84.9 Å². The SMILES string of the molecule is COC(=O)c1cccc2oc(-c3cccc(OCc4ccccc4)c3NC(=O)c3ccccc3OCc3ccccc3)nc12. The van der Waals surface area contributed by atoms with Gasteiger partial charge in [-0.25, -0.2) is 9.78 Å². The summed E-state index contributed by atoms with van der Waals surface area (Å²) in [4.78, 5) is 30.9. The van der Waals surface area contributed by atoms with Crippen LogP contribution < -0.4 is 14.8 Å². The molecule has 1 aromatic heterocycles. The topological polar surface area (TPSA) is 99.9 Å². The zero-order valence-electron chi connectivity index (χ0n) is 23.9. The van der Waals surface area contributed by atoms with E-state index in [2.05, 4.69) is 10.3 Å². The van der Waals surface area contributed by atoms with Gasteiger partial charge in [-0.2, -0.15) is 0 Å². The molecule has 0 spiro atoms. The number of oxazole rings is 1. The molecule has 0 aliphatic rings. The molecule has 0 radical (unpaired) electrons. The molecule has 0 aliphatic heterocycles. The number of para-hydroxylation sites is 3. The van der Waals surface area contributed by atoms with Crippen LogP contribution in [0.3, 0.4) is 0 Å². The second-order valence-corrected chi connectivity index (χ2v) is 9.84. The van der Waals surface area contributed by atoms with Crippen molar-refractivity contribution in [1.29, 1.82) is 0 Å². The molecule has 218 valence electrons. The van der Waals surface area contributed by atoms with Crippen molar-refractivity contribution in [3.63, 3.8) is 0 Å². The number of ether oxygens (including phenoxy) is 3. The summed E-state index contributed by atoms with van der Waals surface area (Å²) in [5.41, 5.74) is 4.13. The van der Waals surface area contributed by atoms with Crippen molar-refractivity contribution in [3.05, 3.63) is 144 Å². The molecular formula is C36H28N2O6. The molecule has 8 nitrogen and oxygen atoms in total. The number of nitrogens with zero attached hydrogens (tertiary/aromatic N) is 1. The third kappa shape index (κ3) is 6.15. The van der Waals surface area contributed by atoms with Crippen LogP contribution >= 0.6 is 0 Å². The summed E-state index contributed by atoms with van der Waals surface area (Å²) in [6.45, 7) is 0.572. The molecule has 0 bridgehead atoms. The van der Waals surface area contributed by atoms with E-state index in [4.69, 9.17) is 18.6 Å². The number of hydrogen-bond acceptors (Lipinski definition) is 7. The Hall–Kier alpha value is -5.89. The van der Waals surface area contributed by atoms with Crippen LogP contribution in [0.2, 0.25) is 0 Å². The van der Waals surface area contributed by atoms with Gasteiger partial charge in [0.2, 0.25) is 5.89 Å². The summed E-state index contributed by atoms with van der Waals surface area (Å²) in [5.74, 6) is 0.110. The number of rotatable bonds is 10. The van der Waals surface area contributed by atoms with Crippen LogP contribution in [0.5, 0.6) is 11.5 Å². The molecule has 1 heterocycles. The van der Waals surface area contributed by atoms with E-state index in [-0.39, 0.29) is 18.1 Å². The van der Waals surface area contributed by atoms with Gasteiger partial charge in [-0.3, -0.25) is 4.79 Å². The molecule has 0 saturated heterocycles. The van der Waals surface area contributed by atoms with Gasteiger partial charge >= 0.3 is 5.97 Å². The first-order chi connectivity index (χ1) is 21.6. The normalized spacial score (nSPS) is 10.8. The Morgan fingerprint density at radius 2 is 1.27 bits per heavy atom. The van der Waals surface area contributed by atoms with E-state index >= 15 is 0 Å². The zero-order valence-corrected chi connectivity index (χ0v) is 23.9. The Bertz CT molecular complexity index is 1920. The summed E-state index contributed by atoms with van der Waals surface area (Å²) in [5, 5.41) is 3.03. The van der Waals surface area contributed by atoms with Crippen molar-refractivity contribution in [2.45, 2.75) is 13.2 Å². The van der Waals surface area contributed by atoms with E-state index in [1.807, 2.05) is 66.7 Å². The van der Waals surface area contributed by atoms with E-state index in [1.165, 1.54) is 7.11 Å². The highest BCUT2D eigenvalue weighted by atomic mass is 16.5. The fraction of sp³-hybridized carbons (Fsp3) is 0.0833. The van der Waals surface area contributed by atoms with Gasteiger partial charge in [-0.15, -0.1) is 0 Å². The number of benzene rings is 5. The van der Waals surface area contributed by atoms with E-state index in [0.29, 0.717) is 46.0 Å². The van der Waals surface area contributed by atoms with Gasteiger partial charge in [0, 0.05) is 0 Å². The Morgan fingerprint density at radius 3 is 1.98 bits per heavy atom. The van der Waals surface area contributed by atoms with Crippen molar-refractivity contribution >= 4 is 28.7 Å². The number of amides is 1. The molecule has 0 fully saturated rings. The standard InChI is InChI=1S/C36H28N2O6/c1-41-36(40)28-18-11-21-31-33(28)38-35(44-31)27-17-10-20-30(43-23-25-14-6-3-7-15-25)32(27)37-34(39)26-16-8-9-19-29(26)42-22-24-12-4-2-5-13-24/h2-21H,22-23H2,1H3,(H,37,39).